The second kappa shape index (κ2) is 2.91. The summed E-state index contributed by atoms with van der Waals surface area (Å²) in [6.45, 7) is 11.4. The average Bonchev–Trinajstić information content (AvgIpc) is 2.16. The Hall–Kier alpha value is -1.70. The van der Waals surface area contributed by atoms with Gasteiger partial charge in [0.2, 0.25) is 0 Å². The molecule has 2 aromatic rings. The summed E-state index contributed by atoms with van der Waals surface area (Å²) in [7, 11) is 0. The molecule has 0 amide bonds. The summed E-state index contributed by atoms with van der Waals surface area (Å²) < 4.78 is 26.3. The Balaban J connectivity index is 2.34. The van der Waals surface area contributed by atoms with Gasteiger partial charge in [0.05, 0.1) is 0 Å². The number of halogens is 2. The normalized spacial score (nSPS) is 11.8. The van der Waals surface area contributed by atoms with E-state index in [1.807, 2.05) is 0 Å². The first-order valence-corrected chi connectivity index (χ1v) is 4.76. The fraction of sp³-hybridized carbons (Fsp3) is 0. The summed E-state index contributed by atoms with van der Waals surface area (Å²) in [5.41, 5.74) is 3.35. The lowest BCUT2D eigenvalue weighted by Gasteiger charge is -2.27. The molecule has 0 N–H and O–H groups in total. The molecule has 0 bridgehead atoms. The number of fused-ring (bicyclic) bond motifs is 4. The third kappa shape index (κ3) is 1.07. The highest BCUT2D eigenvalue weighted by Gasteiger charge is 2.27. The minimum Gasteiger partial charge on any atom is -0.207 e. The predicted molar refractivity (Wildman–Crippen MR) is 57.6 cm³/mol. The second-order valence-electron chi connectivity index (χ2n) is 3.84. The Morgan fingerprint density at radius 1 is 0.688 bits per heavy atom. The SMILES string of the molecule is [CH]c1cc(F)cc2c1-c1c([CH])cc(F)cc1-2. The van der Waals surface area contributed by atoms with Crippen LogP contribution in [0.1, 0.15) is 11.1 Å². The van der Waals surface area contributed by atoms with Crippen LogP contribution in [0.15, 0.2) is 24.3 Å². The van der Waals surface area contributed by atoms with Crippen molar-refractivity contribution in [3.63, 3.8) is 0 Å². The monoisotopic (exact) mass is 212 g/mol. The largest absolute Gasteiger partial charge is 0.207 e. The first-order chi connectivity index (χ1) is 7.58. The van der Waals surface area contributed by atoms with Crippen molar-refractivity contribution in [3.05, 3.63) is 60.9 Å². The lowest BCUT2D eigenvalue weighted by molar-refractivity contribution is 0.624. The van der Waals surface area contributed by atoms with Crippen LogP contribution < -0.4 is 0 Å². The van der Waals surface area contributed by atoms with Gasteiger partial charge in [-0.15, -0.1) is 0 Å². The predicted octanol–water partition coefficient (Wildman–Crippen LogP) is 3.73. The lowest BCUT2D eigenvalue weighted by atomic mass is 9.76. The Morgan fingerprint density at radius 2 is 1.06 bits per heavy atom. The molecule has 0 saturated carbocycles. The maximum Gasteiger partial charge on any atom is 0.124 e. The Bertz CT molecular complexity index is 557. The second-order valence-corrected chi connectivity index (χ2v) is 3.84. The minimum atomic E-state index is -0.426. The van der Waals surface area contributed by atoms with Crippen LogP contribution in [-0.4, -0.2) is 0 Å². The van der Waals surface area contributed by atoms with E-state index in [-0.39, 0.29) is 0 Å². The van der Waals surface area contributed by atoms with Crippen LogP contribution in [0.25, 0.3) is 22.3 Å². The van der Waals surface area contributed by atoms with Crippen LogP contribution in [0, 0.1) is 25.5 Å². The van der Waals surface area contributed by atoms with Gasteiger partial charge in [-0.05, 0) is 71.5 Å². The van der Waals surface area contributed by atoms with E-state index in [0.717, 1.165) is 0 Å². The molecule has 0 aliphatic heterocycles. The molecular weight excluding hydrogens is 206 g/mol. The van der Waals surface area contributed by atoms with Crippen LogP contribution in [0.2, 0.25) is 0 Å². The van der Waals surface area contributed by atoms with Gasteiger partial charge in [0.15, 0.2) is 0 Å². The third-order valence-corrected chi connectivity index (χ3v) is 2.81. The van der Waals surface area contributed by atoms with Gasteiger partial charge >= 0.3 is 0 Å². The highest BCUT2D eigenvalue weighted by molar-refractivity contribution is 6.05. The van der Waals surface area contributed by atoms with Crippen LogP contribution >= 0.6 is 0 Å². The molecule has 2 aromatic carbocycles. The number of hydrogen-bond donors (Lipinski definition) is 0. The molecule has 3 rings (SSSR count). The minimum absolute atomic E-state index is 0.334. The van der Waals surface area contributed by atoms with E-state index >= 15 is 0 Å². The van der Waals surface area contributed by atoms with Crippen molar-refractivity contribution < 1.29 is 8.78 Å². The van der Waals surface area contributed by atoms with E-state index in [9.17, 15) is 8.78 Å². The maximum absolute atomic E-state index is 13.1. The molecule has 1 aliphatic carbocycles. The van der Waals surface area contributed by atoms with Crippen LogP contribution in [0.5, 0.6) is 0 Å². The standard InChI is InChI=1S/C14H6F2/c1-7-3-9(15)5-11-12-6-10(16)4-8(2)14(12)13(7)11/h1-6H. The summed E-state index contributed by atoms with van der Waals surface area (Å²) in [6, 6.07) is 5.16. The first kappa shape index (κ1) is 9.52. The van der Waals surface area contributed by atoms with Gasteiger partial charge in [-0.25, -0.2) is 8.78 Å². The van der Waals surface area contributed by atoms with E-state index in [0.29, 0.717) is 33.4 Å². The van der Waals surface area contributed by atoms with E-state index in [4.69, 9.17) is 13.8 Å². The van der Waals surface area contributed by atoms with E-state index in [2.05, 4.69) is 0 Å². The van der Waals surface area contributed by atoms with Crippen LogP contribution in [0.4, 0.5) is 8.78 Å². The molecule has 0 saturated heterocycles. The number of rotatable bonds is 0. The van der Waals surface area contributed by atoms with Crippen molar-refractivity contribution in [3.8, 4) is 22.3 Å². The molecule has 16 heavy (non-hydrogen) atoms. The zero-order valence-corrected chi connectivity index (χ0v) is 8.22. The first-order valence-electron chi connectivity index (χ1n) is 4.76. The molecule has 0 aromatic heterocycles. The van der Waals surface area contributed by atoms with Gasteiger partial charge in [0, 0.05) is 0 Å². The van der Waals surface area contributed by atoms with Gasteiger partial charge in [-0.1, -0.05) is 0 Å². The Kier molecular flexibility index (Phi) is 1.73. The number of hydrogen-bond acceptors (Lipinski definition) is 0. The molecule has 76 valence electrons. The fourth-order valence-corrected chi connectivity index (χ4v) is 2.18. The Morgan fingerprint density at radius 3 is 1.44 bits per heavy atom. The molecule has 0 nitrogen and oxygen atoms in total. The van der Waals surface area contributed by atoms with Crippen molar-refractivity contribution in [2.45, 2.75) is 0 Å². The van der Waals surface area contributed by atoms with Crippen LogP contribution in [0.3, 0.4) is 0 Å². The molecule has 2 heteroatoms. The lowest BCUT2D eigenvalue weighted by Crippen LogP contribution is -2.05. The summed E-state index contributed by atoms with van der Waals surface area (Å²) in [6.07, 6.45) is 0. The van der Waals surface area contributed by atoms with Gasteiger partial charge in [0.25, 0.3) is 0 Å². The maximum atomic E-state index is 13.1. The number of benzene rings is 2. The van der Waals surface area contributed by atoms with Crippen molar-refractivity contribution in [1.29, 1.82) is 0 Å². The highest BCUT2D eigenvalue weighted by Crippen LogP contribution is 2.50. The zero-order chi connectivity index (χ0) is 11.4. The van der Waals surface area contributed by atoms with Gasteiger partial charge in [0.1, 0.15) is 11.6 Å². The summed E-state index contributed by atoms with van der Waals surface area (Å²) >= 11 is 0. The highest BCUT2D eigenvalue weighted by atomic mass is 19.1. The average molecular weight is 212 g/mol. The quantitative estimate of drug-likeness (QED) is 0.532. The molecule has 0 fully saturated rings. The summed E-state index contributed by atoms with van der Waals surface area (Å²) in [5, 5.41) is 0. The van der Waals surface area contributed by atoms with Crippen LogP contribution in [-0.2, 0) is 0 Å². The van der Waals surface area contributed by atoms with Crippen molar-refractivity contribution in [2.75, 3.05) is 0 Å². The molecule has 0 spiro atoms. The van der Waals surface area contributed by atoms with Crippen molar-refractivity contribution in [1.82, 2.24) is 0 Å². The van der Waals surface area contributed by atoms with Crippen molar-refractivity contribution >= 4 is 0 Å². The zero-order valence-electron chi connectivity index (χ0n) is 8.22. The van der Waals surface area contributed by atoms with E-state index in [1.54, 1.807) is 0 Å². The third-order valence-electron chi connectivity index (χ3n) is 2.81. The molecular formula is C14H6F2. The van der Waals surface area contributed by atoms with E-state index in [1.165, 1.54) is 24.3 Å². The molecule has 4 radical (unpaired) electrons. The molecule has 1 aliphatic rings. The van der Waals surface area contributed by atoms with Gasteiger partial charge < -0.3 is 0 Å². The van der Waals surface area contributed by atoms with Crippen molar-refractivity contribution in [2.24, 2.45) is 0 Å². The summed E-state index contributed by atoms with van der Waals surface area (Å²) in [4.78, 5) is 0. The summed E-state index contributed by atoms with van der Waals surface area (Å²) in [5.74, 6) is -0.852. The van der Waals surface area contributed by atoms with Gasteiger partial charge in [-0.3, -0.25) is 0 Å². The fourth-order valence-electron chi connectivity index (χ4n) is 2.18. The smallest absolute Gasteiger partial charge is 0.124 e. The molecule has 0 atom stereocenters. The molecule has 0 unspecified atom stereocenters. The Labute approximate surface area is 92.5 Å². The molecule has 0 heterocycles. The topological polar surface area (TPSA) is 0 Å². The van der Waals surface area contributed by atoms with Gasteiger partial charge in [-0.2, -0.15) is 0 Å². The van der Waals surface area contributed by atoms with E-state index < -0.39 is 11.6 Å².